The maximum Gasteiger partial charge on any atom is -0.00200 e. The van der Waals surface area contributed by atoms with E-state index in [-0.39, 0.29) is 20.7 Å². The lowest BCUT2D eigenvalue weighted by Gasteiger charge is -2.18. The molecule has 0 radical (unpaired) electrons. The summed E-state index contributed by atoms with van der Waals surface area (Å²) >= 11 is -0.115. The Labute approximate surface area is 168 Å². The van der Waals surface area contributed by atoms with Crippen LogP contribution in [0, 0.1) is 0 Å². The van der Waals surface area contributed by atoms with E-state index in [2.05, 4.69) is 105 Å². The lowest BCUT2D eigenvalue weighted by molar-refractivity contribution is 1.63. The van der Waals surface area contributed by atoms with Gasteiger partial charge in [0.1, 0.15) is 0 Å². The summed E-state index contributed by atoms with van der Waals surface area (Å²) in [5.41, 5.74) is 5.15. The Kier molecular flexibility index (Phi) is 4.33. The SMILES string of the molecule is C1=CC=C(c2c(-c3ccccc3)c3ccccc3c3ccccc23)C=CI=1. The van der Waals surface area contributed by atoms with E-state index in [0.717, 1.165) is 0 Å². The normalized spacial score (nSPS) is 13.4. The van der Waals surface area contributed by atoms with E-state index < -0.39 is 0 Å². The van der Waals surface area contributed by atoms with Crippen molar-refractivity contribution in [3.05, 3.63) is 107 Å². The average molecular weight is 456 g/mol. The molecule has 1 heterocycles. The van der Waals surface area contributed by atoms with Crippen molar-refractivity contribution in [3.63, 3.8) is 0 Å². The lowest BCUT2D eigenvalue weighted by atomic mass is 9.85. The van der Waals surface area contributed by atoms with Crippen LogP contribution in [0.4, 0.5) is 0 Å². The molecule has 5 rings (SSSR count). The molecule has 4 aromatic rings. The van der Waals surface area contributed by atoms with Gasteiger partial charge in [0.2, 0.25) is 0 Å². The minimum absolute atomic E-state index is 0.115. The topological polar surface area (TPSA) is 0 Å². The van der Waals surface area contributed by atoms with Gasteiger partial charge in [-0.15, -0.1) is 0 Å². The number of benzene rings is 4. The van der Waals surface area contributed by atoms with Gasteiger partial charge in [0.25, 0.3) is 0 Å². The lowest BCUT2D eigenvalue weighted by Crippen LogP contribution is -1.94. The van der Waals surface area contributed by atoms with Crippen molar-refractivity contribution in [1.82, 2.24) is 0 Å². The molecule has 4 aromatic carbocycles. The van der Waals surface area contributed by atoms with Crippen molar-refractivity contribution in [2.24, 2.45) is 0 Å². The largest absolute Gasteiger partial charge is 0.0825 e. The van der Waals surface area contributed by atoms with Crippen LogP contribution in [0.3, 0.4) is 0 Å². The molecule has 27 heavy (non-hydrogen) atoms. The van der Waals surface area contributed by atoms with Crippen molar-refractivity contribution in [2.75, 3.05) is 0 Å². The molecule has 1 aliphatic rings. The number of rotatable bonds is 2. The highest BCUT2D eigenvalue weighted by Crippen LogP contribution is 2.42. The molecule has 0 fully saturated rings. The zero-order valence-electron chi connectivity index (χ0n) is 14.7. The molecule has 0 saturated carbocycles. The predicted octanol–water partition coefficient (Wildman–Crippen LogP) is 7.50. The van der Waals surface area contributed by atoms with Crippen molar-refractivity contribution < 1.29 is 0 Å². The number of fused-ring (bicyclic) bond motifs is 3. The third-order valence-corrected chi connectivity index (χ3v) is 6.42. The van der Waals surface area contributed by atoms with E-state index in [1.54, 1.807) is 0 Å². The summed E-state index contributed by atoms with van der Waals surface area (Å²) in [6.45, 7) is 0. The molecule has 1 aliphatic heterocycles. The molecule has 128 valence electrons. The Morgan fingerprint density at radius 2 is 1.19 bits per heavy atom. The van der Waals surface area contributed by atoms with Crippen LogP contribution in [-0.4, -0.2) is 3.67 Å². The molecule has 0 amide bonds. The Bertz CT molecular complexity index is 1280. The molecule has 1 heteroatoms. The zero-order chi connectivity index (χ0) is 18.1. The fraction of sp³-hybridized carbons (Fsp3) is 0. The van der Waals surface area contributed by atoms with Gasteiger partial charge in [-0.2, -0.15) is 0 Å². The summed E-state index contributed by atoms with van der Waals surface area (Å²) in [4.78, 5) is 0. The van der Waals surface area contributed by atoms with Gasteiger partial charge < -0.3 is 0 Å². The molecule has 0 aromatic heterocycles. The highest BCUT2D eigenvalue weighted by Gasteiger charge is 2.17. The van der Waals surface area contributed by atoms with Crippen LogP contribution in [-0.2, 0) is 0 Å². The van der Waals surface area contributed by atoms with Crippen LogP contribution >= 0.6 is 20.7 Å². The third-order valence-electron chi connectivity index (χ3n) is 4.98. The van der Waals surface area contributed by atoms with Crippen LogP contribution in [0.15, 0.2) is 101 Å². The van der Waals surface area contributed by atoms with Crippen molar-refractivity contribution in [1.29, 1.82) is 0 Å². The van der Waals surface area contributed by atoms with Gasteiger partial charge in [-0.25, -0.2) is 0 Å². The monoisotopic (exact) mass is 456 g/mol. The standard InChI is InChI=1S/C26H17I/c1-2-9-19(10-3-1)25-23-14-6-4-12-21(23)22-13-5-7-15-24(22)26(25)20-11-8-17-27-18-16-20/h1-16,18H. The summed E-state index contributed by atoms with van der Waals surface area (Å²) in [7, 11) is 0. The van der Waals surface area contributed by atoms with E-state index >= 15 is 0 Å². The van der Waals surface area contributed by atoms with E-state index in [4.69, 9.17) is 0 Å². The minimum Gasteiger partial charge on any atom is -0.0825 e. The molecule has 0 atom stereocenters. The Hall–Kier alpha value is -2.74. The van der Waals surface area contributed by atoms with Crippen molar-refractivity contribution >= 4 is 51.5 Å². The van der Waals surface area contributed by atoms with Crippen LogP contribution in [0.25, 0.3) is 38.2 Å². The van der Waals surface area contributed by atoms with Crippen LogP contribution in [0.5, 0.6) is 0 Å². The summed E-state index contributed by atoms with van der Waals surface area (Å²) in [6, 6.07) is 28.3. The fourth-order valence-corrected chi connectivity index (χ4v) is 5.02. The average Bonchev–Trinajstić information content (AvgIpc) is 3.03. The number of hydrogen-bond donors (Lipinski definition) is 0. The molecule has 0 unspecified atom stereocenters. The fourth-order valence-electron chi connectivity index (χ4n) is 3.86. The van der Waals surface area contributed by atoms with E-state index in [1.807, 2.05) is 0 Å². The first kappa shape index (κ1) is 16.4. The summed E-state index contributed by atoms with van der Waals surface area (Å²) < 4.78 is 5.71. The van der Waals surface area contributed by atoms with Crippen molar-refractivity contribution in [2.45, 2.75) is 0 Å². The Morgan fingerprint density at radius 3 is 1.89 bits per heavy atom. The minimum atomic E-state index is -0.115. The van der Waals surface area contributed by atoms with Gasteiger partial charge in [0.15, 0.2) is 0 Å². The van der Waals surface area contributed by atoms with Gasteiger partial charge in [0.05, 0.1) is 0 Å². The van der Waals surface area contributed by atoms with E-state index in [9.17, 15) is 0 Å². The number of hydrogen-bond acceptors (Lipinski definition) is 0. The predicted molar refractivity (Wildman–Crippen MR) is 128 cm³/mol. The maximum atomic E-state index is 3.41. The van der Waals surface area contributed by atoms with Crippen LogP contribution in [0.1, 0.15) is 5.56 Å². The molecule has 0 saturated heterocycles. The van der Waals surface area contributed by atoms with Gasteiger partial charge in [-0.1, -0.05) is 82.5 Å². The maximum absolute atomic E-state index is 3.41. The van der Waals surface area contributed by atoms with Gasteiger partial charge in [0, 0.05) is 0 Å². The molecular weight excluding hydrogens is 439 g/mol. The Balaban J connectivity index is 2.02. The van der Waals surface area contributed by atoms with Gasteiger partial charge in [-0.05, 0) is 86.8 Å². The smallest absolute Gasteiger partial charge is 0.00200 e. The van der Waals surface area contributed by atoms with Gasteiger partial charge >= 0.3 is 0 Å². The van der Waals surface area contributed by atoms with Crippen LogP contribution in [0.2, 0.25) is 0 Å². The van der Waals surface area contributed by atoms with Crippen molar-refractivity contribution in [3.8, 4) is 11.1 Å². The molecule has 0 N–H and O–H groups in total. The second-order valence-electron chi connectivity index (χ2n) is 6.51. The zero-order valence-corrected chi connectivity index (χ0v) is 16.9. The van der Waals surface area contributed by atoms with Gasteiger partial charge in [-0.3, -0.25) is 0 Å². The molecule has 0 spiro atoms. The molecular formula is C26H17I. The quantitative estimate of drug-likeness (QED) is 0.217. The molecule has 0 nitrogen and oxygen atoms in total. The third kappa shape index (κ3) is 2.90. The van der Waals surface area contributed by atoms with E-state index in [0.29, 0.717) is 0 Å². The highest BCUT2D eigenvalue weighted by molar-refractivity contribution is 14.2. The van der Waals surface area contributed by atoms with Crippen LogP contribution < -0.4 is 0 Å². The first-order valence-corrected chi connectivity index (χ1v) is 11.3. The first-order valence-electron chi connectivity index (χ1n) is 9.01. The number of allylic oxidation sites excluding steroid dienone is 4. The first-order chi connectivity index (χ1) is 13.4. The second kappa shape index (κ2) is 7.11. The number of halogens is 1. The summed E-state index contributed by atoms with van der Waals surface area (Å²) in [6.07, 6.45) is 6.60. The molecule has 0 aliphatic carbocycles. The van der Waals surface area contributed by atoms with E-state index in [1.165, 1.54) is 43.8 Å². The second-order valence-corrected chi connectivity index (χ2v) is 8.47. The molecule has 0 bridgehead atoms. The summed E-state index contributed by atoms with van der Waals surface area (Å²) in [5, 5.41) is 5.23. The Morgan fingerprint density at radius 1 is 0.593 bits per heavy atom. The highest BCUT2D eigenvalue weighted by atomic mass is 127. The summed E-state index contributed by atoms with van der Waals surface area (Å²) in [5.74, 6) is 0.